The summed E-state index contributed by atoms with van der Waals surface area (Å²) in [6, 6.07) is 3.73. The highest BCUT2D eigenvalue weighted by Crippen LogP contribution is 2.55. The van der Waals surface area contributed by atoms with Crippen LogP contribution in [0.3, 0.4) is 0 Å². The predicted molar refractivity (Wildman–Crippen MR) is 54.5 cm³/mol. The van der Waals surface area contributed by atoms with Gasteiger partial charge in [0.25, 0.3) is 0 Å². The number of nitrogens with zero attached hydrogens (tertiary/aromatic N) is 2. The zero-order valence-electron chi connectivity index (χ0n) is 9.13. The fourth-order valence-electron chi connectivity index (χ4n) is 1.79. The van der Waals surface area contributed by atoms with Crippen LogP contribution in [0.5, 0.6) is 0 Å². The maximum absolute atomic E-state index is 13.0. The molecule has 1 aliphatic rings. The summed E-state index contributed by atoms with van der Waals surface area (Å²) in [5.74, 6) is 0. The van der Waals surface area contributed by atoms with Gasteiger partial charge in [-0.1, -0.05) is 6.07 Å². The molecular formula is C11H6F6N2. The summed E-state index contributed by atoms with van der Waals surface area (Å²) in [6.07, 6.45) is -9.47. The molecule has 0 unspecified atom stereocenters. The highest BCUT2D eigenvalue weighted by atomic mass is 19.4. The first-order chi connectivity index (χ1) is 8.70. The van der Waals surface area contributed by atoms with Crippen molar-refractivity contribution in [3.63, 3.8) is 0 Å². The van der Waals surface area contributed by atoms with Crippen molar-refractivity contribution in [2.45, 2.75) is 12.4 Å². The molecule has 1 aromatic heterocycles. The molecule has 2 nitrogen and oxygen atoms in total. The van der Waals surface area contributed by atoms with Crippen molar-refractivity contribution in [3.05, 3.63) is 42.4 Å². The average molecular weight is 280 g/mol. The topological polar surface area (TPSA) is 25.2 Å². The SMILES string of the molecule is FC(F)(F)C1(C(F)(F)F)C=CN=C1c1ccccn1. The molecule has 8 heteroatoms. The summed E-state index contributed by atoms with van der Waals surface area (Å²) in [5, 5.41) is 0. The lowest BCUT2D eigenvalue weighted by Gasteiger charge is -2.33. The van der Waals surface area contributed by atoms with E-state index in [1.54, 1.807) is 0 Å². The maximum atomic E-state index is 13.0. The first kappa shape index (κ1) is 13.6. The minimum absolute atomic E-state index is 0.0109. The summed E-state index contributed by atoms with van der Waals surface area (Å²) < 4.78 is 77.8. The molecule has 0 radical (unpaired) electrons. The Morgan fingerprint density at radius 3 is 2.05 bits per heavy atom. The molecule has 2 heterocycles. The van der Waals surface area contributed by atoms with Crippen LogP contribution in [0.25, 0.3) is 0 Å². The Labute approximate surface area is 103 Å². The summed E-state index contributed by atoms with van der Waals surface area (Å²) >= 11 is 0. The summed E-state index contributed by atoms with van der Waals surface area (Å²) in [6.45, 7) is 0. The molecule has 0 amide bonds. The van der Waals surface area contributed by atoms with E-state index < -0.39 is 29.2 Å². The van der Waals surface area contributed by atoms with Gasteiger partial charge in [0.2, 0.25) is 5.41 Å². The van der Waals surface area contributed by atoms with Gasteiger partial charge >= 0.3 is 12.4 Å². The zero-order chi connectivity index (χ0) is 14.3. The fraction of sp³-hybridized carbons (Fsp3) is 0.273. The number of halogens is 6. The van der Waals surface area contributed by atoms with Gasteiger partial charge in [0.15, 0.2) is 0 Å². The van der Waals surface area contributed by atoms with E-state index in [-0.39, 0.29) is 6.08 Å². The van der Waals surface area contributed by atoms with Crippen molar-refractivity contribution in [2.24, 2.45) is 10.4 Å². The minimum Gasteiger partial charge on any atom is -0.258 e. The number of hydrogen-bond acceptors (Lipinski definition) is 2. The second-order valence-electron chi connectivity index (χ2n) is 3.81. The zero-order valence-corrected chi connectivity index (χ0v) is 9.13. The van der Waals surface area contributed by atoms with Crippen LogP contribution in [-0.2, 0) is 0 Å². The molecule has 0 aliphatic carbocycles. The van der Waals surface area contributed by atoms with Gasteiger partial charge in [-0.2, -0.15) is 26.3 Å². The Hall–Kier alpha value is -1.86. The molecule has 1 aliphatic heterocycles. The standard InChI is InChI=1S/C11H6F6N2/c12-10(13,14)9(11(15,16)17)4-6-19-8(9)7-3-1-2-5-18-7/h1-6H. The van der Waals surface area contributed by atoms with E-state index in [1.165, 1.54) is 12.1 Å². The van der Waals surface area contributed by atoms with Gasteiger partial charge in [-0.25, -0.2) is 0 Å². The van der Waals surface area contributed by atoms with E-state index in [4.69, 9.17) is 0 Å². The van der Waals surface area contributed by atoms with Crippen LogP contribution in [-0.4, -0.2) is 23.0 Å². The molecule has 0 bridgehead atoms. The van der Waals surface area contributed by atoms with Crippen LogP contribution in [0.4, 0.5) is 26.3 Å². The van der Waals surface area contributed by atoms with Crippen LogP contribution >= 0.6 is 0 Å². The number of rotatable bonds is 1. The van der Waals surface area contributed by atoms with E-state index in [1.807, 2.05) is 0 Å². The number of alkyl halides is 6. The Kier molecular flexibility index (Phi) is 2.91. The first-order valence-corrected chi connectivity index (χ1v) is 5.01. The average Bonchev–Trinajstić information content (AvgIpc) is 2.74. The van der Waals surface area contributed by atoms with Crippen molar-refractivity contribution < 1.29 is 26.3 Å². The molecule has 2 rings (SSSR count). The predicted octanol–water partition coefficient (Wildman–Crippen LogP) is 3.51. The van der Waals surface area contributed by atoms with Gasteiger partial charge in [0.1, 0.15) is 0 Å². The van der Waals surface area contributed by atoms with Crippen LogP contribution in [0.2, 0.25) is 0 Å². The largest absolute Gasteiger partial charge is 0.412 e. The quantitative estimate of drug-likeness (QED) is 0.723. The number of pyridine rings is 1. The van der Waals surface area contributed by atoms with E-state index >= 15 is 0 Å². The number of hydrogen-bond donors (Lipinski definition) is 0. The summed E-state index contributed by atoms with van der Waals surface area (Å²) in [4.78, 5) is 6.74. The monoisotopic (exact) mass is 280 g/mol. The minimum atomic E-state index is -5.55. The second-order valence-corrected chi connectivity index (χ2v) is 3.81. The van der Waals surface area contributed by atoms with Crippen molar-refractivity contribution in [1.82, 2.24) is 4.98 Å². The molecule has 19 heavy (non-hydrogen) atoms. The van der Waals surface area contributed by atoms with E-state index in [9.17, 15) is 26.3 Å². The highest BCUT2D eigenvalue weighted by molar-refractivity contribution is 6.07. The molecule has 0 fully saturated rings. The number of aromatic nitrogens is 1. The molecule has 0 atom stereocenters. The van der Waals surface area contributed by atoms with Crippen molar-refractivity contribution in [3.8, 4) is 0 Å². The van der Waals surface area contributed by atoms with E-state index in [0.29, 0.717) is 6.20 Å². The Bertz CT molecular complexity index is 512. The maximum Gasteiger partial charge on any atom is 0.412 e. The van der Waals surface area contributed by atoms with Gasteiger partial charge in [0.05, 0.1) is 11.4 Å². The number of aliphatic imine (C=N–C) groups is 1. The van der Waals surface area contributed by atoms with Gasteiger partial charge in [-0.15, -0.1) is 0 Å². The molecule has 0 saturated heterocycles. The van der Waals surface area contributed by atoms with Crippen molar-refractivity contribution in [1.29, 1.82) is 0 Å². The van der Waals surface area contributed by atoms with Gasteiger partial charge in [-0.05, 0) is 18.2 Å². The Balaban J connectivity index is 2.63. The second kappa shape index (κ2) is 4.07. The third-order valence-corrected chi connectivity index (χ3v) is 2.70. The molecule has 0 aromatic carbocycles. The first-order valence-electron chi connectivity index (χ1n) is 5.01. The molecule has 0 N–H and O–H groups in total. The third-order valence-electron chi connectivity index (χ3n) is 2.70. The van der Waals surface area contributed by atoms with Crippen LogP contribution < -0.4 is 0 Å². The lowest BCUT2D eigenvalue weighted by molar-refractivity contribution is -0.293. The van der Waals surface area contributed by atoms with Crippen molar-refractivity contribution in [2.75, 3.05) is 0 Å². The lowest BCUT2D eigenvalue weighted by atomic mass is 9.80. The normalized spacial score (nSPS) is 18.5. The molecule has 0 spiro atoms. The molecule has 102 valence electrons. The summed E-state index contributed by atoms with van der Waals surface area (Å²) in [7, 11) is 0. The van der Waals surface area contributed by atoms with Crippen LogP contribution in [0, 0.1) is 5.41 Å². The van der Waals surface area contributed by atoms with Crippen LogP contribution in [0.1, 0.15) is 5.69 Å². The number of allylic oxidation sites excluding steroid dienone is 1. The highest BCUT2D eigenvalue weighted by Gasteiger charge is 2.73. The molecule has 0 saturated carbocycles. The molecular weight excluding hydrogens is 274 g/mol. The third kappa shape index (κ3) is 1.91. The molecule has 1 aromatic rings. The Morgan fingerprint density at radius 1 is 0.947 bits per heavy atom. The van der Waals surface area contributed by atoms with Crippen LogP contribution in [0.15, 0.2) is 41.7 Å². The Morgan fingerprint density at radius 2 is 1.58 bits per heavy atom. The van der Waals surface area contributed by atoms with Gasteiger partial charge < -0.3 is 0 Å². The smallest absolute Gasteiger partial charge is 0.258 e. The van der Waals surface area contributed by atoms with E-state index in [0.717, 1.165) is 12.3 Å². The van der Waals surface area contributed by atoms with Gasteiger partial charge in [0, 0.05) is 12.4 Å². The fourth-order valence-corrected chi connectivity index (χ4v) is 1.79. The van der Waals surface area contributed by atoms with Gasteiger partial charge in [-0.3, -0.25) is 9.98 Å². The van der Waals surface area contributed by atoms with Crippen molar-refractivity contribution >= 4 is 5.71 Å². The summed E-state index contributed by atoms with van der Waals surface area (Å²) in [5.41, 5.74) is -5.72. The lowest BCUT2D eigenvalue weighted by Crippen LogP contribution is -2.53. The van der Waals surface area contributed by atoms with E-state index in [2.05, 4.69) is 9.98 Å².